The third kappa shape index (κ3) is 2.33. The van der Waals surface area contributed by atoms with Gasteiger partial charge in [0.05, 0.1) is 0 Å². The van der Waals surface area contributed by atoms with Crippen LogP contribution in [0.1, 0.15) is 11.1 Å². The van der Waals surface area contributed by atoms with E-state index < -0.39 is 11.3 Å². The summed E-state index contributed by atoms with van der Waals surface area (Å²) < 4.78 is 10.6. The molecule has 0 atom stereocenters. The van der Waals surface area contributed by atoms with Crippen LogP contribution in [-0.4, -0.2) is 0 Å². The molecule has 0 amide bonds. The molecule has 0 fully saturated rings. The molecule has 2 aromatic carbocycles. The molecule has 2 aromatic heterocycles. The van der Waals surface area contributed by atoms with Crippen molar-refractivity contribution in [3.63, 3.8) is 0 Å². The lowest BCUT2D eigenvalue weighted by Crippen LogP contribution is -2.02. The van der Waals surface area contributed by atoms with Gasteiger partial charge in [-0.25, -0.2) is 9.59 Å². The van der Waals surface area contributed by atoms with Crippen molar-refractivity contribution in [2.45, 2.75) is 13.8 Å². The molecule has 2 heterocycles. The van der Waals surface area contributed by atoms with Crippen molar-refractivity contribution in [3.05, 3.63) is 80.5 Å². The summed E-state index contributed by atoms with van der Waals surface area (Å²) in [7, 11) is 0. The Balaban J connectivity index is 2.21. The Kier molecular flexibility index (Phi) is 3.13. The van der Waals surface area contributed by atoms with Gasteiger partial charge >= 0.3 is 11.3 Å². The normalized spacial score (nSPS) is 11.2. The first-order valence-corrected chi connectivity index (χ1v) is 7.61. The van der Waals surface area contributed by atoms with Gasteiger partial charge in [0.1, 0.15) is 11.2 Å². The van der Waals surface area contributed by atoms with Gasteiger partial charge in [0, 0.05) is 34.0 Å². The average Bonchev–Trinajstić information content (AvgIpc) is 2.54. The van der Waals surface area contributed by atoms with Crippen LogP contribution < -0.4 is 11.3 Å². The fourth-order valence-corrected chi connectivity index (χ4v) is 3.00. The molecule has 0 aliphatic heterocycles. The van der Waals surface area contributed by atoms with Crippen LogP contribution in [0.4, 0.5) is 0 Å². The summed E-state index contributed by atoms with van der Waals surface area (Å²) in [5, 5.41) is 1.59. The minimum Gasteiger partial charge on any atom is -0.423 e. The van der Waals surface area contributed by atoms with Crippen molar-refractivity contribution < 1.29 is 8.83 Å². The number of rotatable bonds is 1. The third-order valence-electron chi connectivity index (χ3n) is 4.09. The molecule has 0 N–H and O–H groups in total. The fraction of sp³-hybridized carbons (Fsp3) is 0.100. The Hall–Kier alpha value is -3.14. The van der Waals surface area contributed by atoms with Crippen molar-refractivity contribution in [3.8, 4) is 11.1 Å². The summed E-state index contributed by atoms with van der Waals surface area (Å²) >= 11 is 0. The summed E-state index contributed by atoms with van der Waals surface area (Å²) in [4.78, 5) is 24.0. The van der Waals surface area contributed by atoms with Crippen molar-refractivity contribution in [2.24, 2.45) is 0 Å². The van der Waals surface area contributed by atoms with E-state index >= 15 is 0 Å². The predicted molar refractivity (Wildman–Crippen MR) is 93.4 cm³/mol. The average molecular weight is 318 g/mol. The Morgan fingerprint density at radius 2 is 1.04 bits per heavy atom. The summed E-state index contributed by atoms with van der Waals surface area (Å²) in [5.41, 5.74) is 3.53. The summed E-state index contributed by atoms with van der Waals surface area (Å²) in [5.74, 6) is 0. The van der Waals surface area contributed by atoms with Crippen LogP contribution in [0, 0.1) is 13.8 Å². The smallest absolute Gasteiger partial charge is 0.336 e. The zero-order chi connectivity index (χ0) is 16.8. The summed E-state index contributed by atoms with van der Waals surface area (Å²) in [6.45, 7) is 3.94. The third-order valence-corrected chi connectivity index (χ3v) is 4.09. The standard InChI is InChI=1S/C20H14O4/c1-11-3-5-17-15(7-11)13(9-19(21)23-17)14-10-20(22)24-18-6-4-12(2)8-16(14)18/h3-10H,1-2H3. The van der Waals surface area contributed by atoms with Crippen LogP contribution >= 0.6 is 0 Å². The lowest BCUT2D eigenvalue weighted by Gasteiger charge is -2.09. The van der Waals surface area contributed by atoms with E-state index in [4.69, 9.17) is 8.83 Å². The molecule has 4 heteroatoms. The van der Waals surface area contributed by atoms with Gasteiger partial charge in [0.15, 0.2) is 0 Å². The summed E-state index contributed by atoms with van der Waals surface area (Å²) in [6.07, 6.45) is 0. The molecule has 0 saturated carbocycles. The van der Waals surface area contributed by atoms with E-state index in [0.29, 0.717) is 22.3 Å². The van der Waals surface area contributed by atoms with Crippen LogP contribution in [0.15, 0.2) is 67.0 Å². The lowest BCUT2D eigenvalue weighted by molar-refractivity contribution is 0.559. The molecule has 118 valence electrons. The second-order valence-electron chi connectivity index (χ2n) is 5.96. The maximum Gasteiger partial charge on any atom is 0.336 e. The van der Waals surface area contributed by atoms with E-state index in [-0.39, 0.29) is 0 Å². The lowest BCUT2D eigenvalue weighted by atomic mass is 9.97. The molecule has 0 radical (unpaired) electrons. The number of aryl methyl sites for hydroxylation is 2. The first-order valence-electron chi connectivity index (χ1n) is 7.61. The SMILES string of the molecule is Cc1ccc2oc(=O)cc(-c3cc(=O)oc4ccc(C)cc34)c2c1. The zero-order valence-corrected chi connectivity index (χ0v) is 13.3. The van der Waals surface area contributed by atoms with Gasteiger partial charge in [-0.1, -0.05) is 23.3 Å². The molecule has 0 saturated heterocycles. The van der Waals surface area contributed by atoms with Crippen molar-refractivity contribution in [1.82, 2.24) is 0 Å². The second kappa shape index (κ2) is 5.20. The van der Waals surface area contributed by atoms with Crippen LogP contribution in [0.25, 0.3) is 33.1 Å². The monoisotopic (exact) mass is 318 g/mol. The number of hydrogen-bond donors (Lipinski definition) is 0. The van der Waals surface area contributed by atoms with Crippen molar-refractivity contribution in [2.75, 3.05) is 0 Å². The van der Waals surface area contributed by atoms with E-state index in [0.717, 1.165) is 21.9 Å². The molecule has 24 heavy (non-hydrogen) atoms. The molecule has 4 nitrogen and oxygen atoms in total. The van der Waals surface area contributed by atoms with Gasteiger partial charge in [0.2, 0.25) is 0 Å². The Morgan fingerprint density at radius 1 is 0.625 bits per heavy atom. The highest BCUT2D eigenvalue weighted by atomic mass is 16.4. The van der Waals surface area contributed by atoms with Crippen molar-refractivity contribution >= 4 is 21.9 Å². The van der Waals surface area contributed by atoms with Gasteiger partial charge in [-0.3, -0.25) is 0 Å². The van der Waals surface area contributed by atoms with E-state index in [9.17, 15) is 9.59 Å². The topological polar surface area (TPSA) is 60.4 Å². The Bertz CT molecular complexity index is 1110. The molecule has 0 aliphatic carbocycles. The first-order chi connectivity index (χ1) is 11.5. The highest BCUT2D eigenvalue weighted by Crippen LogP contribution is 2.32. The van der Waals surface area contributed by atoms with Gasteiger partial charge in [-0.15, -0.1) is 0 Å². The molecular formula is C20H14O4. The van der Waals surface area contributed by atoms with Gasteiger partial charge < -0.3 is 8.83 Å². The van der Waals surface area contributed by atoms with Crippen LogP contribution in [0.3, 0.4) is 0 Å². The minimum absolute atomic E-state index is 0.449. The quantitative estimate of drug-likeness (QED) is 0.494. The first kappa shape index (κ1) is 14.5. The highest BCUT2D eigenvalue weighted by Gasteiger charge is 2.13. The molecule has 0 spiro atoms. The zero-order valence-electron chi connectivity index (χ0n) is 13.3. The van der Waals surface area contributed by atoms with Crippen LogP contribution in [-0.2, 0) is 0 Å². The predicted octanol–water partition coefficient (Wildman–Crippen LogP) is 4.18. The maximum absolute atomic E-state index is 12.0. The molecule has 0 aliphatic rings. The van der Waals surface area contributed by atoms with E-state index in [2.05, 4.69) is 0 Å². The van der Waals surface area contributed by atoms with Gasteiger partial charge in [-0.05, 0) is 38.1 Å². The summed E-state index contributed by atoms with van der Waals surface area (Å²) in [6, 6.07) is 14.1. The number of fused-ring (bicyclic) bond motifs is 2. The van der Waals surface area contributed by atoms with Gasteiger partial charge in [0.25, 0.3) is 0 Å². The van der Waals surface area contributed by atoms with Crippen molar-refractivity contribution in [1.29, 1.82) is 0 Å². The largest absolute Gasteiger partial charge is 0.423 e. The Morgan fingerprint density at radius 3 is 1.46 bits per heavy atom. The Labute approximate surface area is 137 Å². The number of hydrogen-bond acceptors (Lipinski definition) is 4. The highest BCUT2D eigenvalue weighted by molar-refractivity contribution is 6.02. The fourth-order valence-electron chi connectivity index (χ4n) is 3.00. The van der Waals surface area contributed by atoms with E-state index in [1.807, 2.05) is 38.1 Å². The molecule has 0 bridgehead atoms. The van der Waals surface area contributed by atoms with Crippen LogP contribution in [0.5, 0.6) is 0 Å². The number of benzene rings is 2. The molecule has 0 unspecified atom stereocenters. The maximum atomic E-state index is 12.0. The minimum atomic E-state index is -0.449. The van der Waals surface area contributed by atoms with E-state index in [1.54, 1.807) is 12.1 Å². The van der Waals surface area contributed by atoms with Gasteiger partial charge in [-0.2, -0.15) is 0 Å². The molecule has 4 aromatic rings. The molecular weight excluding hydrogens is 304 g/mol. The van der Waals surface area contributed by atoms with Crippen LogP contribution in [0.2, 0.25) is 0 Å². The van der Waals surface area contributed by atoms with E-state index in [1.165, 1.54) is 12.1 Å². The molecule has 4 rings (SSSR count). The second-order valence-corrected chi connectivity index (χ2v) is 5.96.